The van der Waals surface area contributed by atoms with E-state index in [0.717, 1.165) is 23.4 Å². The topological polar surface area (TPSA) is 79.3 Å². The normalized spacial score (nSPS) is 19.0. The largest absolute Gasteiger partial charge is 0.477 e. The van der Waals surface area contributed by atoms with Gasteiger partial charge in [0, 0.05) is 38.0 Å². The average molecular weight is 382 g/mol. The lowest BCUT2D eigenvalue weighted by Crippen LogP contribution is -2.50. The van der Waals surface area contributed by atoms with Gasteiger partial charge in [0.1, 0.15) is 4.88 Å². The Balaban J connectivity index is 1.63. The number of likely N-dealkylation sites (N-methyl/N-ethyl adjacent to an activating group) is 1. The van der Waals surface area contributed by atoms with E-state index in [1.165, 1.54) is 11.3 Å². The van der Waals surface area contributed by atoms with Gasteiger partial charge in [-0.2, -0.15) is 0 Å². The molecule has 7 nitrogen and oxygen atoms in total. The van der Waals surface area contributed by atoms with Gasteiger partial charge in [0.15, 0.2) is 0 Å². The number of carboxylic acids is 1. The molecule has 0 aliphatic carbocycles. The minimum Gasteiger partial charge on any atom is -0.477 e. The van der Waals surface area contributed by atoms with E-state index in [0.29, 0.717) is 50.6 Å². The first-order valence-corrected chi connectivity index (χ1v) is 9.72. The number of amides is 1. The molecule has 0 radical (unpaired) electrons. The lowest BCUT2D eigenvalue weighted by Gasteiger charge is -2.44. The fourth-order valence-corrected chi connectivity index (χ4v) is 4.78. The number of thiophene rings is 1. The number of hydrogen-bond donors (Lipinski definition) is 1. The van der Waals surface area contributed by atoms with Crippen molar-refractivity contribution in [3.05, 3.63) is 21.4 Å². The third-order valence-corrected chi connectivity index (χ3v) is 6.41. The van der Waals surface area contributed by atoms with Gasteiger partial charge >= 0.3 is 5.97 Å². The van der Waals surface area contributed by atoms with Gasteiger partial charge in [0.05, 0.1) is 25.4 Å². The van der Waals surface area contributed by atoms with Gasteiger partial charge in [-0.15, -0.1) is 11.3 Å². The molecule has 26 heavy (non-hydrogen) atoms. The van der Waals surface area contributed by atoms with Crippen molar-refractivity contribution < 1.29 is 24.2 Å². The summed E-state index contributed by atoms with van der Waals surface area (Å²) in [6.07, 6.45) is 2.19. The van der Waals surface area contributed by atoms with Crippen LogP contribution in [0.3, 0.4) is 0 Å². The fraction of sp³-hybridized carbons (Fsp3) is 0.667. The molecule has 3 rings (SSSR count). The van der Waals surface area contributed by atoms with Crippen LogP contribution in [0.15, 0.2) is 6.07 Å². The zero-order valence-electron chi connectivity index (χ0n) is 15.3. The number of methoxy groups -OCH3 is 1. The second-order valence-corrected chi connectivity index (χ2v) is 8.09. The van der Waals surface area contributed by atoms with E-state index in [1.807, 2.05) is 16.8 Å². The molecule has 2 aliphatic heterocycles. The van der Waals surface area contributed by atoms with Crippen LogP contribution in [0.5, 0.6) is 0 Å². The van der Waals surface area contributed by atoms with Crippen LogP contribution in [-0.2, 0) is 26.3 Å². The van der Waals surface area contributed by atoms with Crippen LogP contribution in [0.1, 0.15) is 33.0 Å². The number of piperidine rings is 1. The first-order chi connectivity index (χ1) is 12.4. The number of carbonyl (C=O) groups is 2. The SMILES string of the molecule is COCCN(C)CC(=O)N1CCC2(CC1)OCCc1sc(C(=O)O)cc12. The van der Waals surface area contributed by atoms with Gasteiger partial charge in [-0.05, 0) is 31.5 Å². The maximum absolute atomic E-state index is 12.5. The summed E-state index contributed by atoms with van der Waals surface area (Å²) in [5.41, 5.74) is 0.590. The van der Waals surface area contributed by atoms with Gasteiger partial charge in [0.25, 0.3) is 0 Å². The Morgan fingerprint density at radius 2 is 2.15 bits per heavy atom. The molecule has 1 aromatic rings. The molecule has 0 atom stereocenters. The van der Waals surface area contributed by atoms with Crippen molar-refractivity contribution in [3.63, 3.8) is 0 Å². The van der Waals surface area contributed by atoms with Gasteiger partial charge < -0.3 is 19.5 Å². The Kier molecular flexibility index (Phi) is 5.96. The second kappa shape index (κ2) is 8.04. The van der Waals surface area contributed by atoms with Crippen molar-refractivity contribution in [3.8, 4) is 0 Å². The molecular formula is C18H26N2O5S. The average Bonchev–Trinajstić information content (AvgIpc) is 3.07. The third kappa shape index (κ3) is 3.93. The summed E-state index contributed by atoms with van der Waals surface area (Å²) in [7, 11) is 3.57. The number of likely N-dealkylation sites (tertiary alicyclic amines) is 1. The molecule has 1 N–H and O–H groups in total. The highest BCUT2D eigenvalue weighted by Crippen LogP contribution is 2.44. The minimum absolute atomic E-state index is 0.117. The van der Waals surface area contributed by atoms with E-state index in [2.05, 4.69) is 0 Å². The molecule has 144 valence electrons. The number of rotatable bonds is 6. The molecule has 8 heteroatoms. The maximum atomic E-state index is 12.5. The third-order valence-electron chi connectivity index (χ3n) is 5.22. The van der Waals surface area contributed by atoms with E-state index in [4.69, 9.17) is 9.47 Å². The van der Waals surface area contributed by atoms with Crippen molar-refractivity contribution in [2.75, 3.05) is 53.6 Å². The highest BCUT2D eigenvalue weighted by atomic mass is 32.1. The van der Waals surface area contributed by atoms with E-state index in [-0.39, 0.29) is 5.91 Å². The molecule has 0 bridgehead atoms. The number of nitrogens with zero attached hydrogens (tertiary/aromatic N) is 2. The first-order valence-electron chi connectivity index (χ1n) is 8.91. The predicted octanol–water partition coefficient (Wildman–Crippen LogP) is 1.41. The van der Waals surface area contributed by atoms with E-state index in [1.54, 1.807) is 13.2 Å². The van der Waals surface area contributed by atoms with Crippen LogP contribution in [0.4, 0.5) is 0 Å². The van der Waals surface area contributed by atoms with Crippen molar-refractivity contribution in [1.29, 1.82) is 0 Å². The quantitative estimate of drug-likeness (QED) is 0.802. The number of aromatic carboxylic acids is 1. The van der Waals surface area contributed by atoms with Crippen LogP contribution in [0, 0.1) is 0 Å². The smallest absolute Gasteiger partial charge is 0.345 e. The molecule has 3 heterocycles. The molecule has 0 unspecified atom stereocenters. The van der Waals surface area contributed by atoms with E-state index < -0.39 is 11.6 Å². The molecule has 1 spiro atoms. The molecular weight excluding hydrogens is 356 g/mol. The Labute approximate surface area is 157 Å². The summed E-state index contributed by atoms with van der Waals surface area (Å²) in [6.45, 7) is 3.58. The van der Waals surface area contributed by atoms with Gasteiger partial charge in [-0.1, -0.05) is 0 Å². The Bertz CT molecular complexity index is 667. The summed E-state index contributed by atoms with van der Waals surface area (Å²) < 4.78 is 11.2. The van der Waals surface area contributed by atoms with E-state index in [9.17, 15) is 14.7 Å². The number of carbonyl (C=O) groups excluding carboxylic acids is 1. The summed E-state index contributed by atoms with van der Waals surface area (Å²) in [5, 5.41) is 9.28. The fourth-order valence-electron chi connectivity index (χ4n) is 3.71. The van der Waals surface area contributed by atoms with Crippen molar-refractivity contribution in [2.24, 2.45) is 0 Å². The Morgan fingerprint density at radius 1 is 1.42 bits per heavy atom. The lowest BCUT2D eigenvalue weighted by atomic mass is 9.82. The van der Waals surface area contributed by atoms with E-state index >= 15 is 0 Å². The van der Waals surface area contributed by atoms with Gasteiger partial charge in [-0.3, -0.25) is 9.69 Å². The van der Waals surface area contributed by atoms with Crippen molar-refractivity contribution >= 4 is 23.2 Å². The summed E-state index contributed by atoms with van der Waals surface area (Å²) in [6, 6.07) is 1.78. The zero-order chi connectivity index (χ0) is 18.7. The maximum Gasteiger partial charge on any atom is 0.345 e. The zero-order valence-corrected chi connectivity index (χ0v) is 16.1. The number of hydrogen-bond acceptors (Lipinski definition) is 6. The van der Waals surface area contributed by atoms with Gasteiger partial charge in [-0.25, -0.2) is 4.79 Å². The van der Waals surface area contributed by atoms with Crippen LogP contribution in [-0.4, -0.2) is 80.3 Å². The molecule has 1 saturated heterocycles. The van der Waals surface area contributed by atoms with Crippen LogP contribution in [0.25, 0.3) is 0 Å². The summed E-state index contributed by atoms with van der Waals surface area (Å²) in [5.74, 6) is -0.766. The predicted molar refractivity (Wildman–Crippen MR) is 97.8 cm³/mol. The number of ether oxygens (including phenoxy) is 2. The van der Waals surface area contributed by atoms with Crippen LogP contribution >= 0.6 is 11.3 Å². The Hall–Kier alpha value is -1.48. The highest BCUT2D eigenvalue weighted by Gasteiger charge is 2.43. The van der Waals surface area contributed by atoms with Gasteiger partial charge in [0.2, 0.25) is 5.91 Å². The second-order valence-electron chi connectivity index (χ2n) is 6.96. The lowest BCUT2D eigenvalue weighted by molar-refractivity contribution is -0.141. The van der Waals surface area contributed by atoms with Crippen LogP contribution in [0.2, 0.25) is 0 Å². The molecule has 2 aliphatic rings. The number of carboxylic acid groups (broad SMARTS) is 1. The van der Waals surface area contributed by atoms with Crippen LogP contribution < -0.4 is 0 Å². The molecule has 0 saturated carbocycles. The highest BCUT2D eigenvalue weighted by molar-refractivity contribution is 7.14. The standard InChI is InChI=1S/C18H26N2O5S/c1-19(8-10-24-2)12-16(21)20-6-4-18(5-7-20)13-11-15(17(22)23)26-14(13)3-9-25-18/h11H,3-10,12H2,1-2H3,(H,22,23). The molecule has 1 amide bonds. The monoisotopic (exact) mass is 382 g/mol. The molecule has 1 fully saturated rings. The summed E-state index contributed by atoms with van der Waals surface area (Å²) in [4.78, 5) is 29.2. The molecule has 1 aromatic heterocycles. The number of fused-ring (bicyclic) bond motifs is 2. The first kappa shape index (κ1) is 19.3. The summed E-state index contributed by atoms with van der Waals surface area (Å²) >= 11 is 1.36. The van der Waals surface area contributed by atoms with Crippen molar-refractivity contribution in [1.82, 2.24) is 9.80 Å². The van der Waals surface area contributed by atoms with Crippen molar-refractivity contribution in [2.45, 2.75) is 24.9 Å². The molecule has 0 aromatic carbocycles. The minimum atomic E-state index is -0.883. The Morgan fingerprint density at radius 3 is 2.81 bits per heavy atom.